The molecule has 1 heterocycles. The molecule has 2 rings (SSSR count). The Balaban J connectivity index is 2.51. The van der Waals surface area contributed by atoms with Gasteiger partial charge in [-0.15, -0.1) is 0 Å². The molecule has 0 atom stereocenters. The topological polar surface area (TPSA) is 84.7 Å². The van der Waals surface area contributed by atoms with Crippen LogP contribution in [0.1, 0.15) is 16.1 Å². The summed E-state index contributed by atoms with van der Waals surface area (Å²) in [6, 6.07) is 2.16. The zero-order chi connectivity index (χ0) is 14.2. The molecule has 0 aliphatic heterocycles. The number of nitrogens with one attached hydrogen (secondary N) is 1. The number of rotatable bonds is 2. The van der Waals surface area contributed by atoms with Crippen LogP contribution < -0.4 is 5.73 Å². The van der Waals surface area contributed by atoms with Gasteiger partial charge >= 0.3 is 6.18 Å². The molecule has 0 saturated heterocycles. The van der Waals surface area contributed by atoms with Crippen molar-refractivity contribution in [2.45, 2.75) is 6.18 Å². The fourth-order valence-corrected chi connectivity index (χ4v) is 1.50. The molecule has 0 radical (unpaired) electrons. The second-order valence-corrected chi connectivity index (χ2v) is 3.58. The maximum atomic E-state index is 13.4. The second-order valence-electron chi connectivity index (χ2n) is 3.58. The first-order chi connectivity index (χ1) is 8.80. The molecule has 0 aliphatic rings. The molecule has 0 fully saturated rings. The largest absolute Gasteiger partial charge is 0.419 e. The SMILES string of the molecule is NC(=O)c1n[nH]nc1-c1ccc(C(F)(F)F)c(F)c1. The summed E-state index contributed by atoms with van der Waals surface area (Å²) in [5, 5.41) is 9.09. The number of alkyl halides is 3. The molecule has 0 unspecified atom stereocenters. The van der Waals surface area contributed by atoms with E-state index in [2.05, 4.69) is 15.4 Å². The molecule has 2 aromatic rings. The highest BCUT2D eigenvalue weighted by molar-refractivity contribution is 5.96. The smallest absolute Gasteiger partial charge is 0.364 e. The quantitative estimate of drug-likeness (QED) is 0.818. The molecule has 5 nitrogen and oxygen atoms in total. The normalized spacial score (nSPS) is 11.6. The molecule has 9 heteroatoms. The predicted molar refractivity (Wildman–Crippen MR) is 55.3 cm³/mol. The van der Waals surface area contributed by atoms with E-state index in [1.54, 1.807) is 0 Å². The van der Waals surface area contributed by atoms with Gasteiger partial charge in [-0.3, -0.25) is 4.79 Å². The molecule has 19 heavy (non-hydrogen) atoms. The van der Waals surface area contributed by atoms with E-state index in [9.17, 15) is 22.4 Å². The Labute approximate surface area is 103 Å². The number of halogens is 4. The Morgan fingerprint density at radius 2 is 1.95 bits per heavy atom. The van der Waals surface area contributed by atoms with Gasteiger partial charge in [0, 0.05) is 5.56 Å². The summed E-state index contributed by atoms with van der Waals surface area (Å²) in [5.41, 5.74) is 3.17. The van der Waals surface area contributed by atoms with Crippen molar-refractivity contribution in [1.29, 1.82) is 0 Å². The summed E-state index contributed by atoms with van der Waals surface area (Å²) in [5.74, 6) is -2.40. The Bertz CT molecular complexity index is 635. The van der Waals surface area contributed by atoms with E-state index in [-0.39, 0.29) is 17.0 Å². The summed E-state index contributed by atoms with van der Waals surface area (Å²) in [7, 11) is 0. The lowest BCUT2D eigenvalue weighted by molar-refractivity contribution is -0.139. The number of carbonyl (C=O) groups excluding carboxylic acids is 1. The third-order valence-electron chi connectivity index (χ3n) is 2.33. The number of benzene rings is 1. The van der Waals surface area contributed by atoms with Gasteiger partial charge in [0.15, 0.2) is 5.69 Å². The second kappa shape index (κ2) is 4.34. The van der Waals surface area contributed by atoms with E-state index < -0.39 is 23.5 Å². The number of amides is 1. The van der Waals surface area contributed by atoms with E-state index in [0.717, 1.165) is 6.07 Å². The monoisotopic (exact) mass is 274 g/mol. The van der Waals surface area contributed by atoms with Gasteiger partial charge in [-0.05, 0) is 12.1 Å². The standard InChI is InChI=1S/C10H6F4N4O/c11-6-3-4(1-2-5(6)10(12,13)14)7-8(9(15)19)17-18-16-7/h1-3H,(H2,15,19)(H,16,17,18). The summed E-state index contributed by atoms with van der Waals surface area (Å²) < 4.78 is 50.5. The van der Waals surface area contributed by atoms with Gasteiger partial charge < -0.3 is 5.73 Å². The highest BCUT2D eigenvalue weighted by Crippen LogP contribution is 2.33. The first-order valence-electron chi connectivity index (χ1n) is 4.88. The van der Waals surface area contributed by atoms with Crippen LogP contribution in [0.25, 0.3) is 11.3 Å². The lowest BCUT2D eigenvalue weighted by Crippen LogP contribution is -2.13. The van der Waals surface area contributed by atoms with Crippen molar-refractivity contribution >= 4 is 5.91 Å². The van der Waals surface area contributed by atoms with Gasteiger partial charge in [-0.25, -0.2) is 4.39 Å². The van der Waals surface area contributed by atoms with Crippen LogP contribution in [0.4, 0.5) is 17.6 Å². The Morgan fingerprint density at radius 1 is 1.26 bits per heavy atom. The van der Waals surface area contributed by atoms with Crippen molar-refractivity contribution in [1.82, 2.24) is 15.4 Å². The van der Waals surface area contributed by atoms with Crippen LogP contribution in [0.5, 0.6) is 0 Å². The van der Waals surface area contributed by atoms with Crippen LogP contribution in [0.15, 0.2) is 18.2 Å². The molecule has 3 N–H and O–H groups in total. The number of primary amides is 1. The predicted octanol–water partition coefficient (Wildman–Crippen LogP) is 1.73. The van der Waals surface area contributed by atoms with Gasteiger partial charge in [-0.1, -0.05) is 6.07 Å². The number of hydrogen-bond donors (Lipinski definition) is 2. The number of nitrogens with two attached hydrogens (primary N) is 1. The number of nitrogens with zero attached hydrogens (tertiary/aromatic N) is 2. The lowest BCUT2D eigenvalue weighted by Gasteiger charge is -2.08. The third kappa shape index (κ3) is 2.39. The van der Waals surface area contributed by atoms with E-state index in [4.69, 9.17) is 5.73 Å². The van der Waals surface area contributed by atoms with Crippen molar-refractivity contribution in [2.75, 3.05) is 0 Å². The summed E-state index contributed by atoms with van der Waals surface area (Å²) in [4.78, 5) is 11.0. The lowest BCUT2D eigenvalue weighted by atomic mass is 10.1. The van der Waals surface area contributed by atoms with Gasteiger partial charge in [0.05, 0.1) is 5.56 Å². The molecular formula is C10H6F4N4O. The van der Waals surface area contributed by atoms with E-state index in [1.807, 2.05) is 0 Å². The first-order valence-corrected chi connectivity index (χ1v) is 4.88. The van der Waals surface area contributed by atoms with Crippen LogP contribution in [0.2, 0.25) is 0 Å². The number of carbonyl (C=O) groups is 1. The molecule has 1 amide bonds. The number of aromatic amines is 1. The molecule has 1 aromatic heterocycles. The third-order valence-corrected chi connectivity index (χ3v) is 2.33. The molecular weight excluding hydrogens is 268 g/mol. The van der Waals surface area contributed by atoms with Crippen LogP contribution in [-0.2, 0) is 6.18 Å². The minimum Gasteiger partial charge on any atom is -0.364 e. The van der Waals surface area contributed by atoms with Gasteiger partial charge in [0.1, 0.15) is 11.5 Å². The average molecular weight is 274 g/mol. The number of hydrogen-bond acceptors (Lipinski definition) is 3. The van der Waals surface area contributed by atoms with Crippen LogP contribution in [-0.4, -0.2) is 21.3 Å². The van der Waals surface area contributed by atoms with E-state index >= 15 is 0 Å². The zero-order valence-electron chi connectivity index (χ0n) is 9.12. The van der Waals surface area contributed by atoms with Crippen molar-refractivity contribution < 1.29 is 22.4 Å². The maximum absolute atomic E-state index is 13.4. The van der Waals surface area contributed by atoms with Crippen molar-refractivity contribution in [3.63, 3.8) is 0 Å². The van der Waals surface area contributed by atoms with E-state index in [0.29, 0.717) is 12.1 Å². The van der Waals surface area contributed by atoms with Gasteiger partial charge in [-0.2, -0.15) is 28.6 Å². The summed E-state index contributed by atoms with van der Waals surface area (Å²) in [6.07, 6.45) is -4.79. The fourth-order valence-electron chi connectivity index (χ4n) is 1.50. The molecule has 1 aromatic carbocycles. The molecule has 0 aliphatic carbocycles. The summed E-state index contributed by atoms with van der Waals surface area (Å²) in [6.45, 7) is 0. The van der Waals surface area contributed by atoms with E-state index in [1.165, 1.54) is 0 Å². The fraction of sp³-hybridized carbons (Fsp3) is 0.100. The Hall–Kier alpha value is -2.45. The maximum Gasteiger partial charge on any atom is 0.419 e. The molecule has 100 valence electrons. The van der Waals surface area contributed by atoms with Gasteiger partial charge in [0.25, 0.3) is 5.91 Å². The van der Waals surface area contributed by atoms with Crippen molar-refractivity contribution in [3.8, 4) is 11.3 Å². The minimum atomic E-state index is -4.79. The highest BCUT2D eigenvalue weighted by Gasteiger charge is 2.34. The molecule has 0 saturated carbocycles. The Kier molecular flexibility index (Phi) is 2.97. The van der Waals surface area contributed by atoms with Crippen molar-refractivity contribution in [2.24, 2.45) is 5.73 Å². The number of H-pyrrole nitrogens is 1. The molecule has 0 bridgehead atoms. The Morgan fingerprint density at radius 3 is 2.47 bits per heavy atom. The molecule has 0 spiro atoms. The minimum absolute atomic E-state index is 0.0342. The zero-order valence-corrected chi connectivity index (χ0v) is 9.12. The highest BCUT2D eigenvalue weighted by atomic mass is 19.4. The average Bonchev–Trinajstić information content (AvgIpc) is 2.75. The van der Waals surface area contributed by atoms with Gasteiger partial charge in [0.2, 0.25) is 0 Å². The van der Waals surface area contributed by atoms with Crippen LogP contribution >= 0.6 is 0 Å². The van der Waals surface area contributed by atoms with Crippen LogP contribution in [0.3, 0.4) is 0 Å². The first kappa shape index (κ1) is 13.0. The van der Waals surface area contributed by atoms with Crippen molar-refractivity contribution in [3.05, 3.63) is 35.3 Å². The summed E-state index contributed by atoms with van der Waals surface area (Å²) >= 11 is 0. The van der Waals surface area contributed by atoms with Crippen LogP contribution in [0, 0.1) is 5.82 Å². The number of aromatic nitrogens is 3.